The number of carbonyl (C=O) groups excluding carboxylic acids is 2. The van der Waals surface area contributed by atoms with Crippen LogP contribution < -0.4 is 15.4 Å². The molecule has 0 saturated carbocycles. The molecule has 41 heavy (non-hydrogen) atoms. The van der Waals surface area contributed by atoms with Gasteiger partial charge in [0, 0.05) is 65.8 Å². The van der Waals surface area contributed by atoms with E-state index in [0.29, 0.717) is 22.9 Å². The third-order valence-corrected chi connectivity index (χ3v) is 7.24. The van der Waals surface area contributed by atoms with Crippen LogP contribution in [0.25, 0.3) is 10.8 Å². The van der Waals surface area contributed by atoms with Crippen LogP contribution in [0.15, 0.2) is 116 Å². The zero-order valence-corrected chi connectivity index (χ0v) is 22.5. The van der Waals surface area contributed by atoms with Gasteiger partial charge in [-0.05, 0) is 72.6 Å². The second-order valence-corrected chi connectivity index (χ2v) is 10.2. The van der Waals surface area contributed by atoms with Crippen molar-refractivity contribution in [1.82, 2.24) is 9.88 Å². The molecule has 7 heteroatoms. The number of hydrogen-bond acceptors (Lipinski definition) is 6. The lowest BCUT2D eigenvalue weighted by atomic mass is 10.1. The summed E-state index contributed by atoms with van der Waals surface area (Å²) < 4.78 is 5.37. The van der Waals surface area contributed by atoms with Gasteiger partial charge in [-0.15, -0.1) is 0 Å². The van der Waals surface area contributed by atoms with Gasteiger partial charge in [-0.25, -0.2) is 4.79 Å². The predicted octanol–water partition coefficient (Wildman–Crippen LogP) is 6.39. The number of hydrogen-bond donors (Lipinski definition) is 2. The number of rotatable bonds is 8. The third kappa shape index (κ3) is 6.42. The average Bonchev–Trinajstić information content (AvgIpc) is 3.44. The number of pyridine rings is 1. The van der Waals surface area contributed by atoms with Gasteiger partial charge in [0.05, 0.1) is 5.56 Å². The van der Waals surface area contributed by atoms with Crippen molar-refractivity contribution in [2.45, 2.75) is 19.0 Å². The van der Waals surface area contributed by atoms with Gasteiger partial charge in [-0.1, -0.05) is 42.5 Å². The normalized spacial score (nSPS) is 15.0. The number of esters is 1. The SMILES string of the molecule is O=C(Nc1cccc(CN2CCC(Nc3cccc4cnccc34)C2)c1)c1ccc(C(=O)Oc2ccccc2)cc1. The lowest BCUT2D eigenvalue weighted by Gasteiger charge is -2.19. The zero-order valence-electron chi connectivity index (χ0n) is 22.5. The predicted molar refractivity (Wildman–Crippen MR) is 161 cm³/mol. The number of carbonyl (C=O) groups is 2. The van der Waals surface area contributed by atoms with Gasteiger partial charge < -0.3 is 15.4 Å². The van der Waals surface area contributed by atoms with E-state index in [1.807, 2.05) is 36.7 Å². The first-order chi connectivity index (χ1) is 20.1. The number of benzene rings is 4. The van der Waals surface area contributed by atoms with E-state index < -0.39 is 5.97 Å². The van der Waals surface area contributed by atoms with E-state index in [9.17, 15) is 9.59 Å². The molecule has 0 aliphatic carbocycles. The maximum absolute atomic E-state index is 12.9. The Morgan fingerprint density at radius 2 is 1.68 bits per heavy atom. The summed E-state index contributed by atoms with van der Waals surface area (Å²) in [6, 6.07) is 32.0. The molecule has 4 aromatic carbocycles. The molecule has 1 aromatic heterocycles. The zero-order chi connectivity index (χ0) is 28.0. The molecule has 1 fully saturated rings. The van der Waals surface area contributed by atoms with Crippen molar-refractivity contribution in [1.29, 1.82) is 0 Å². The molecule has 1 atom stereocenters. The Kier molecular flexibility index (Phi) is 7.69. The van der Waals surface area contributed by atoms with Crippen LogP contribution in [-0.4, -0.2) is 40.9 Å². The number of amides is 1. The second kappa shape index (κ2) is 12.0. The second-order valence-electron chi connectivity index (χ2n) is 10.2. The van der Waals surface area contributed by atoms with E-state index >= 15 is 0 Å². The van der Waals surface area contributed by atoms with Gasteiger partial charge in [-0.3, -0.25) is 14.7 Å². The molecule has 2 N–H and O–H groups in total. The van der Waals surface area contributed by atoms with Crippen LogP contribution in [0, 0.1) is 0 Å². The molecule has 0 spiro atoms. The van der Waals surface area contributed by atoms with Gasteiger partial charge in [-0.2, -0.15) is 0 Å². The molecular formula is C34H30N4O3. The molecule has 1 unspecified atom stereocenters. The van der Waals surface area contributed by atoms with Gasteiger partial charge in [0.1, 0.15) is 5.75 Å². The quantitative estimate of drug-likeness (QED) is 0.175. The number of ether oxygens (including phenoxy) is 1. The van der Waals surface area contributed by atoms with E-state index in [0.717, 1.165) is 48.4 Å². The maximum Gasteiger partial charge on any atom is 0.343 e. The summed E-state index contributed by atoms with van der Waals surface area (Å²) in [5.74, 6) is -0.229. The van der Waals surface area contributed by atoms with Crippen LogP contribution in [0.2, 0.25) is 0 Å². The average molecular weight is 543 g/mol. The Hall–Kier alpha value is -5.01. The maximum atomic E-state index is 12.9. The van der Waals surface area contributed by atoms with Crippen LogP contribution in [0.4, 0.5) is 11.4 Å². The fourth-order valence-electron chi connectivity index (χ4n) is 5.18. The van der Waals surface area contributed by atoms with Crippen LogP contribution in [0.5, 0.6) is 5.75 Å². The Bertz CT molecular complexity index is 1670. The van der Waals surface area contributed by atoms with Crippen LogP contribution >= 0.6 is 0 Å². The third-order valence-electron chi connectivity index (χ3n) is 7.24. The Balaban J connectivity index is 1.03. The highest BCUT2D eigenvalue weighted by Crippen LogP contribution is 2.25. The highest BCUT2D eigenvalue weighted by atomic mass is 16.5. The lowest BCUT2D eigenvalue weighted by Crippen LogP contribution is -2.26. The number of aromatic nitrogens is 1. The lowest BCUT2D eigenvalue weighted by molar-refractivity contribution is 0.0734. The fraction of sp³-hybridized carbons (Fsp3) is 0.147. The van der Waals surface area contributed by atoms with E-state index in [1.165, 1.54) is 5.39 Å². The first-order valence-corrected chi connectivity index (χ1v) is 13.7. The first-order valence-electron chi connectivity index (χ1n) is 13.7. The van der Waals surface area contributed by atoms with E-state index in [2.05, 4.69) is 50.8 Å². The minimum absolute atomic E-state index is 0.235. The Morgan fingerprint density at radius 1 is 0.878 bits per heavy atom. The number of likely N-dealkylation sites (tertiary alicyclic amines) is 1. The summed E-state index contributed by atoms with van der Waals surface area (Å²) in [6.07, 6.45) is 4.79. The minimum atomic E-state index is -0.468. The summed E-state index contributed by atoms with van der Waals surface area (Å²) in [7, 11) is 0. The molecule has 0 radical (unpaired) electrons. The molecular weight excluding hydrogens is 512 g/mol. The Labute approximate surface area is 238 Å². The summed E-state index contributed by atoms with van der Waals surface area (Å²) in [6.45, 7) is 2.75. The largest absolute Gasteiger partial charge is 0.423 e. The molecule has 1 aliphatic rings. The first kappa shape index (κ1) is 26.2. The van der Waals surface area contributed by atoms with Crippen LogP contribution in [0.1, 0.15) is 32.7 Å². The molecule has 5 aromatic rings. The summed E-state index contributed by atoms with van der Waals surface area (Å²) >= 11 is 0. The standard InChI is InChI=1S/C34H30N4O3/c39-33(25-12-14-26(15-13-25)34(40)41-30-9-2-1-3-10-30)37-28-8-4-6-24(20-28)22-38-19-17-29(23-38)36-32-11-5-7-27-21-35-18-16-31(27)32/h1-16,18,20-21,29,36H,17,19,22-23H2,(H,37,39). The molecule has 204 valence electrons. The van der Waals surface area contributed by atoms with Crippen LogP contribution in [0.3, 0.4) is 0 Å². The van der Waals surface area contributed by atoms with Crippen molar-refractivity contribution >= 4 is 34.0 Å². The molecule has 7 nitrogen and oxygen atoms in total. The minimum Gasteiger partial charge on any atom is -0.423 e. The molecule has 0 bridgehead atoms. The smallest absolute Gasteiger partial charge is 0.343 e. The van der Waals surface area contributed by atoms with E-state index in [-0.39, 0.29) is 5.91 Å². The fourth-order valence-corrected chi connectivity index (χ4v) is 5.18. The van der Waals surface area contributed by atoms with Gasteiger partial charge in [0.15, 0.2) is 0 Å². The van der Waals surface area contributed by atoms with Crippen molar-refractivity contribution in [3.63, 3.8) is 0 Å². The van der Waals surface area contributed by atoms with Crippen molar-refractivity contribution in [3.05, 3.63) is 132 Å². The van der Waals surface area contributed by atoms with Crippen molar-refractivity contribution in [2.24, 2.45) is 0 Å². The van der Waals surface area contributed by atoms with Gasteiger partial charge in [0.2, 0.25) is 0 Å². The number of nitrogens with zero attached hydrogens (tertiary/aromatic N) is 2. The van der Waals surface area contributed by atoms with E-state index in [1.54, 1.807) is 48.5 Å². The van der Waals surface area contributed by atoms with Gasteiger partial charge >= 0.3 is 5.97 Å². The van der Waals surface area contributed by atoms with Gasteiger partial charge in [0.25, 0.3) is 5.91 Å². The van der Waals surface area contributed by atoms with Crippen molar-refractivity contribution in [2.75, 3.05) is 23.7 Å². The summed E-state index contributed by atoms with van der Waals surface area (Å²) in [5.41, 5.74) is 3.85. The molecule has 1 aliphatic heterocycles. The van der Waals surface area contributed by atoms with Crippen LogP contribution in [-0.2, 0) is 6.54 Å². The van der Waals surface area contributed by atoms with Crippen molar-refractivity contribution in [3.8, 4) is 5.75 Å². The van der Waals surface area contributed by atoms with Crippen molar-refractivity contribution < 1.29 is 14.3 Å². The summed E-state index contributed by atoms with van der Waals surface area (Å²) in [4.78, 5) is 32.0. The molecule has 1 saturated heterocycles. The monoisotopic (exact) mass is 542 g/mol. The molecule has 1 amide bonds. The highest BCUT2D eigenvalue weighted by Gasteiger charge is 2.23. The number of anilines is 2. The molecule has 6 rings (SSSR count). The molecule has 2 heterocycles. The Morgan fingerprint density at radius 3 is 2.54 bits per heavy atom. The number of nitrogens with one attached hydrogen (secondary N) is 2. The number of fused-ring (bicyclic) bond motifs is 1. The highest BCUT2D eigenvalue weighted by molar-refractivity contribution is 6.05. The topological polar surface area (TPSA) is 83.6 Å². The van der Waals surface area contributed by atoms with E-state index in [4.69, 9.17) is 4.74 Å². The summed E-state index contributed by atoms with van der Waals surface area (Å²) in [5, 5.41) is 9.02. The number of para-hydroxylation sites is 1.